The molecular formula is C63H41N5. The Bertz CT molecular complexity index is 3990. The van der Waals surface area contributed by atoms with Crippen molar-refractivity contribution in [1.29, 1.82) is 0 Å². The summed E-state index contributed by atoms with van der Waals surface area (Å²) in [6.45, 7) is 0. The third-order valence-electron chi connectivity index (χ3n) is 13.2. The fraction of sp³-hybridized carbons (Fsp3) is 0. The van der Waals surface area contributed by atoms with E-state index in [9.17, 15) is 0 Å². The predicted molar refractivity (Wildman–Crippen MR) is 281 cm³/mol. The van der Waals surface area contributed by atoms with E-state index in [1.165, 1.54) is 11.1 Å². The summed E-state index contributed by atoms with van der Waals surface area (Å²) in [6.07, 6.45) is 0. The van der Waals surface area contributed by atoms with Crippen LogP contribution < -0.4 is 0 Å². The van der Waals surface area contributed by atoms with Crippen molar-refractivity contribution in [1.82, 2.24) is 24.1 Å². The van der Waals surface area contributed by atoms with Crippen LogP contribution in [-0.4, -0.2) is 24.1 Å². The van der Waals surface area contributed by atoms with E-state index in [2.05, 4.69) is 234 Å². The SMILES string of the molecule is c1ccc(-c2ccc(-c3nc(-c4ccccc4)nc(-n4c5ccccc5c5ccc6c(c7ccccc7n6-c6c(-c7ccccc7)cccc6-c6cccc(-c7ccccc7)c6)c54)n3)cc2)cc1. The number of benzene rings is 10. The Morgan fingerprint density at radius 3 is 1.38 bits per heavy atom. The van der Waals surface area contributed by atoms with Crippen LogP contribution in [0.1, 0.15) is 0 Å². The van der Waals surface area contributed by atoms with E-state index in [1.807, 2.05) is 24.3 Å². The lowest BCUT2D eigenvalue weighted by molar-refractivity contribution is 0.955. The highest BCUT2D eigenvalue weighted by Crippen LogP contribution is 2.46. The lowest BCUT2D eigenvalue weighted by Crippen LogP contribution is -2.06. The van der Waals surface area contributed by atoms with Gasteiger partial charge in [-0.3, -0.25) is 4.57 Å². The van der Waals surface area contributed by atoms with Crippen molar-refractivity contribution < 1.29 is 0 Å². The molecule has 13 rings (SSSR count). The molecule has 0 atom stereocenters. The quantitative estimate of drug-likeness (QED) is 0.153. The topological polar surface area (TPSA) is 48.5 Å². The van der Waals surface area contributed by atoms with Gasteiger partial charge < -0.3 is 4.57 Å². The van der Waals surface area contributed by atoms with E-state index in [0.29, 0.717) is 17.6 Å². The molecule has 5 nitrogen and oxygen atoms in total. The second-order valence-corrected chi connectivity index (χ2v) is 17.2. The van der Waals surface area contributed by atoms with Gasteiger partial charge in [0, 0.05) is 43.8 Å². The van der Waals surface area contributed by atoms with Gasteiger partial charge in [0.25, 0.3) is 0 Å². The van der Waals surface area contributed by atoms with E-state index in [-0.39, 0.29) is 0 Å². The number of para-hydroxylation sites is 3. The van der Waals surface area contributed by atoms with Crippen LogP contribution in [0, 0.1) is 0 Å². The van der Waals surface area contributed by atoms with Gasteiger partial charge in [0.1, 0.15) is 0 Å². The van der Waals surface area contributed by atoms with Crippen LogP contribution in [0.25, 0.3) is 123 Å². The van der Waals surface area contributed by atoms with Crippen molar-refractivity contribution >= 4 is 43.6 Å². The van der Waals surface area contributed by atoms with Gasteiger partial charge in [-0.15, -0.1) is 0 Å². The summed E-state index contributed by atoms with van der Waals surface area (Å²) < 4.78 is 4.76. The molecule has 0 N–H and O–H groups in total. The van der Waals surface area contributed by atoms with Gasteiger partial charge >= 0.3 is 0 Å². The maximum atomic E-state index is 5.40. The molecule has 0 saturated carbocycles. The van der Waals surface area contributed by atoms with Crippen molar-refractivity contribution in [3.63, 3.8) is 0 Å². The highest BCUT2D eigenvalue weighted by molar-refractivity contribution is 6.26. The molecule has 0 unspecified atom stereocenters. The van der Waals surface area contributed by atoms with E-state index in [4.69, 9.17) is 15.0 Å². The Morgan fingerprint density at radius 1 is 0.265 bits per heavy atom. The molecule has 0 radical (unpaired) electrons. The highest BCUT2D eigenvalue weighted by atomic mass is 15.2. The minimum absolute atomic E-state index is 0.555. The molecule has 13 aromatic rings. The van der Waals surface area contributed by atoms with Crippen molar-refractivity contribution in [2.24, 2.45) is 0 Å². The zero-order valence-corrected chi connectivity index (χ0v) is 36.9. The molecular weight excluding hydrogens is 827 g/mol. The van der Waals surface area contributed by atoms with Crippen LogP contribution in [0.5, 0.6) is 0 Å². The molecule has 0 aliphatic heterocycles. The summed E-state index contributed by atoms with van der Waals surface area (Å²) in [7, 11) is 0. The number of rotatable bonds is 8. The Labute approximate surface area is 393 Å². The number of fused-ring (bicyclic) bond motifs is 7. The minimum atomic E-state index is 0.555. The van der Waals surface area contributed by atoms with Crippen molar-refractivity contribution in [2.75, 3.05) is 0 Å². The Balaban J connectivity index is 1.11. The molecule has 0 saturated heterocycles. The van der Waals surface area contributed by atoms with Crippen molar-refractivity contribution in [3.8, 4) is 78.9 Å². The Kier molecular flexibility index (Phi) is 9.43. The lowest BCUT2D eigenvalue weighted by Gasteiger charge is -2.19. The summed E-state index contributed by atoms with van der Waals surface area (Å²) in [5.74, 6) is 1.77. The molecule has 3 aromatic heterocycles. The lowest BCUT2D eigenvalue weighted by atomic mass is 9.93. The van der Waals surface area contributed by atoms with E-state index in [0.717, 1.165) is 93.8 Å². The van der Waals surface area contributed by atoms with Gasteiger partial charge in [-0.1, -0.05) is 224 Å². The molecule has 5 heteroatoms. The van der Waals surface area contributed by atoms with Gasteiger partial charge in [-0.25, -0.2) is 4.98 Å². The molecule has 3 heterocycles. The molecule has 68 heavy (non-hydrogen) atoms. The molecule has 0 spiro atoms. The van der Waals surface area contributed by atoms with Crippen LogP contribution in [0.3, 0.4) is 0 Å². The molecule has 0 amide bonds. The first kappa shape index (κ1) is 39.2. The molecule has 0 fully saturated rings. The summed E-state index contributed by atoms with van der Waals surface area (Å²) in [6, 6.07) is 88.3. The predicted octanol–water partition coefficient (Wildman–Crippen LogP) is 16.1. The number of hydrogen-bond donors (Lipinski definition) is 0. The summed E-state index contributed by atoms with van der Waals surface area (Å²) in [5.41, 5.74) is 16.4. The summed E-state index contributed by atoms with van der Waals surface area (Å²) in [4.78, 5) is 15.9. The van der Waals surface area contributed by atoms with Crippen molar-refractivity contribution in [2.45, 2.75) is 0 Å². The molecule has 318 valence electrons. The fourth-order valence-electron chi connectivity index (χ4n) is 10.1. The molecule has 0 bridgehead atoms. The van der Waals surface area contributed by atoms with Crippen LogP contribution in [0.2, 0.25) is 0 Å². The monoisotopic (exact) mass is 867 g/mol. The van der Waals surface area contributed by atoms with E-state index in [1.54, 1.807) is 0 Å². The molecule has 0 aliphatic rings. The maximum absolute atomic E-state index is 5.40. The number of aromatic nitrogens is 5. The largest absolute Gasteiger partial charge is 0.308 e. The summed E-state index contributed by atoms with van der Waals surface area (Å²) >= 11 is 0. The third kappa shape index (κ3) is 6.59. The molecule has 0 aliphatic carbocycles. The Hall–Kier alpha value is -9.19. The zero-order valence-electron chi connectivity index (χ0n) is 36.9. The Morgan fingerprint density at radius 2 is 0.721 bits per heavy atom. The van der Waals surface area contributed by atoms with Crippen LogP contribution in [0.15, 0.2) is 249 Å². The van der Waals surface area contributed by atoms with E-state index >= 15 is 0 Å². The fourth-order valence-corrected chi connectivity index (χ4v) is 10.1. The van der Waals surface area contributed by atoms with Crippen LogP contribution >= 0.6 is 0 Å². The molecule has 10 aromatic carbocycles. The number of nitrogens with zero attached hydrogens (tertiary/aromatic N) is 5. The van der Waals surface area contributed by atoms with Gasteiger partial charge in [0.2, 0.25) is 5.95 Å². The van der Waals surface area contributed by atoms with Gasteiger partial charge in [-0.2, -0.15) is 9.97 Å². The minimum Gasteiger partial charge on any atom is -0.308 e. The average molecular weight is 868 g/mol. The second kappa shape index (κ2) is 16.4. The first-order chi connectivity index (χ1) is 33.7. The average Bonchev–Trinajstić information content (AvgIpc) is 3.94. The van der Waals surface area contributed by atoms with Crippen LogP contribution in [-0.2, 0) is 0 Å². The van der Waals surface area contributed by atoms with Gasteiger partial charge in [-0.05, 0) is 57.6 Å². The summed E-state index contributed by atoms with van der Waals surface area (Å²) in [5, 5.41) is 4.51. The van der Waals surface area contributed by atoms with Gasteiger partial charge in [0.15, 0.2) is 11.6 Å². The smallest absolute Gasteiger partial charge is 0.238 e. The maximum Gasteiger partial charge on any atom is 0.238 e. The zero-order chi connectivity index (χ0) is 45.0. The highest BCUT2D eigenvalue weighted by Gasteiger charge is 2.25. The van der Waals surface area contributed by atoms with E-state index < -0.39 is 0 Å². The second-order valence-electron chi connectivity index (χ2n) is 17.2. The van der Waals surface area contributed by atoms with Crippen LogP contribution in [0.4, 0.5) is 0 Å². The third-order valence-corrected chi connectivity index (χ3v) is 13.2. The first-order valence-corrected chi connectivity index (χ1v) is 23.0. The van der Waals surface area contributed by atoms with Crippen molar-refractivity contribution in [3.05, 3.63) is 249 Å². The first-order valence-electron chi connectivity index (χ1n) is 23.0. The normalized spacial score (nSPS) is 11.5. The number of hydrogen-bond acceptors (Lipinski definition) is 3. The van der Waals surface area contributed by atoms with Gasteiger partial charge in [0.05, 0.1) is 27.8 Å². The standard InChI is InChI=1S/C63H41N5/c1-5-19-42(20-6-1)44-35-37-47(38-36-44)62-64-61(46-25-11-4-12-26-46)65-63(66-62)68-55-33-15-13-29-52(55)53-39-40-57-58(60(53)68)54-30-14-16-34-56(54)67(57)59-50(45-23-9-3-10-24-45)31-18-32-51(59)49-28-17-27-48(41-49)43-21-7-2-8-22-43/h1-41H.